The van der Waals surface area contributed by atoms with E-state index in [4.69, 9.17) is 69.9 Å². The first-order chi connectivity index (χ1) is 43.9. The maximum atomic E-state index is 14.4. The highest BCUT2D eigenvalue weighted by molar-refractivity contribution is 6.08. The van der Waals surface area contributed by atoms with Crippen molar-refractivity contribution in [2.45, 2.75) is 75.5 Å². The average Bonchev–Trinajstić information content (AvgIpc) is 0.891. The molecule has 0 spiro atoms. The van der Waals surface area contributed by atoms with Gasteiger partial charge in [-0.05, 0) is 124 Å². The minimum atomic E-state index is -1.30. The number of ether oxygens (including phenoxy) is 4. The Morgan fingerprint density at radius 2 is 0.739 bits per heavy atom. The average molecular weight is 1280 g/mol. The summed E-state index contributed by atoms with van der Waals surface area (Å²) in [5, 5.41) is 30.2. The van der Waals surface area contributed by atoms with Gasteiger partial charge in [0.05, 0.1) is 63.1 Å². The van der Waals surface area contributed by atoms with Crippen molar-refractivity contribution in [1.82, 2.24) is 21.3 Å². The maximum absolute atomic E-state index is 14.4. The minimum Gasteiger partial charge on any atom is -0.496 e. The zero-order valence-corrected chi connectivity index (χ0v) is 51.2. The van der Waals surface area contributed by atoms with E-state index in [1.165, 1.54) is 101 Å². The number of rotatable bonds is 37. The lowest BCUT2D eigenvalue weighted by Crippen LogP contribution is -2.44. The number of aliphatic carboxylic acids is 1. The molecule has 0 aliphatic rings. The van der Waals surface area contributed by atoms with E-state index >= 15 is 0 Å². The number of guanidine groups is 3. The number of nitrogens with one attached hydrogen (secondary N) is 8. The Morgan fingerprint density at radius 3 is 1.03 bits per heavy atom. The third-order valence-corrected chi connectivity index (χ3v) is 13.2. The molecule has 0 radical (unpaired) electrons. The predicted octanol–water partition coefficient (Wildman–Crippen LogP) is -1.06. The fourth-order valence-corrected chi connectivity index (χ4v) is 8.66. The van der Waals surface area contributed by atoms with Crippen molar-refractivity contribution in [3.63, 3.8) is 0 Å². The van der Waals surface area contributed by atoms with E-state index in [-0.39, 0.29) is 157 Å². The van der Waals surface area contributed by atoms with E-state index in [0.717, 1.165) is 6.34 Å². The normalized spacial score (nSPS) is 12.0. The number of carboxylic acid groups (broad SMARTS) is 1. The fourth-order valence-electron chi connectivity index (χ4n) is 8.66. The molecule has 25 N–H and O–H groups in total. The lowest BCUT2D eigenvalue weighted by atomic mass is 10.1. The molecular weight excluding hydrogens is 1200 g/mol. The first kappa shape index (κ1) is 73.0. The van der Waals surface area contributed by atoms with Crippen LogP contribution in [-0.2, 0) is 24.0 Å². The Hall–Kier alpha value is -11.5. The van der Waals surface area contributed by atoms with E-state index in [9.17, 15) is 43.2 Å². The quantitative estimate of drug-likeness (QED) is 0.0145. The highest BCUT2D eigenvalue weighted by Crippen LogP contribution is 2.28. The molecular formula is C58H80N20O14. The van der Waals surface area contributed by atoms with Gasteiger partial charge in [0.15, 0.2) is 17.9 Å². The third-order valence-electron chi connectivity index (χ3n) is 13.2. The number of methoxy groups -OCH3 is 4. The van der Waals surface area contributed by atoms with Gasteiger partial charge in [0.1, 0.15) is 47.7 Å². The Labute approximate surface area is 528 Å². The molecule has 0 heterocycles. The fraction of sp³-hybridized carbons (Fsp3) is 0.362. The highest BCUT2D eigenvalue weighted by atomic mass is 16.5. The zero-order chi connectivity index (χ0) is 67.9. The summed E-state index contributed by atoms with van der Waals surface area (Å²) in [7, 11) is 5.21. The lowest BCUT2D eigenvalue weighted by Gasteiger charge is -2.21. The largest absolute Gasteiger partial charge is 0.496 e. The number of aliphatic imine (C=N–C) groups is 4. The number of hydrogen-bond acceptors (Lipinski definition) is 18. The summed E-state index contributed by atoms with van der Waals surface area (Å²) in [4.78, 5) is 138. The summed E-state index contributed by atoms with van der Waals surface area (Å²) >= 11 is 0. The molecule has 496 valence electrons. The number of nitrogens with zero attached hydrogens (tertiary/aromatic N) is 4. The standard InChI is InChI=1S/C58H80N20O14/c1-89-43-17-14-32(25-35(43)48(81)71-29-47(79)80)73-54(87)41(11-7-23-69-57(63)64)78-51(84)38-27-33(15-19-46(38)92-4)74-53(86)40(10-6-21-67-30-59)76-50(83)37-28-34(16-20-45(37)91-3)75-55(88)42(12-8-24-70-58(65)66)77-49(82)36-26-31(13-18-44(36)90-2)72-52(85)39(60)9-5-22-68-56(61)62/h13-20,25-28,30,39-42H,5-12,21-24,29,60H2,1-4H3,(H2,59,67)(H,71,81)(H,72,85)(H,73,87)(H,74,86)(H,75,88)(H,76,83)(H,77,82)(H,78,84)(H,79,80)(H4,61,62,68)(H4,63,64,69)(H4,65,66,70). The molecule has 0 aromatic heterocycles. The number of nitrogens with two attached hydrogens (primary N) is 8. The number of carboxylic acids is 1. The summed E-state index contributed by atoms with van der Waals surface area (Å²) in [5.74, 6) is -7.62. The van der Waals surface area contributed by atoms with Gasteiger partial charge in [-0.3, -0.25) is 63.1 Å². The van der Waals surface area contributed by atoms with Gasteiger partial charge in [0.25, 0.3) is 23.6 Å². The van der Waals surface area contributed by atoms with Crippen LogP contribution >= 0.6 is 0 Å². The highest BCUT2D eigenvalue weighted by Gasteiger charge is 2.29. The van der Waals surface area contributed by atoms with Crippen molar-refractivity contribution in [2.24, 2.45) is 65.8 Å². The second-order valence-corrected chi connectivity index (χ2v) is 19.9. The van der Waals surface area contributed by atoms with Crippen LogP contribution in [0.1, 0.15) is 92.8 Å². The van der Waals surface area contributed by atoms with E-state index in [1.54, 1.807) is 0 Å². The van der Waals surface area contributed by atoms with Crippen molar-refractivity contribution in [2.75, 3.05) is 82.4 Å². The third kappa shape index (κ3) is 23.9. The number of benzene rings is 4. The topological polar surface area (TPSA) is 565 Å². The SMILES string of the molecule is COc1ccc(NC(=O)C(CCCN=C(N)N)NC(=O)c2cc(NC(=O)C(CCCN=CN)NC(=O)c3cc(NC(=O)C(CCCN=C(N)N)NC(=O)c4cc(NC(=O)C(N)CCCN=C(N)N)ccc4OC)ccc3OC)ccc2OC)cc1C(=O)NCC(=O)O. The summed E-state index contributed by atoms with van der Waals surface area (Å²) in [6.45, 7) is -0.121. The van der Waals surface area contributed by atoms with Crippen molar-refractivity contribution < 1.29 is 67.2 Å². The summed E-state index contributed by atoms with van der Waals surface area (Å²) < 4.78 is 21.7. The molecule has 8 amide bonds. The van der Waals surface area contributed by atoms with Crippen LogP contribution < -0.4 is 107 Å². The van der Waals surface area contributed by atoms with Crippen molar-refractivity contribution in [3.8, 4) is 23.0 Å². The Morgan fingerprint density at radius 1 is 0.446 bits per heavy atom. The molecule has 0 bridgehead atoms. The monoisotopic (exact) mass is 1280 g/mol. The Balaban J connectivity index is 1.60. The second kappa shape index (κ2) is 37.4. The minimum absolute atomic E-state index is 0.00681. The van der Waals surface area contributed by atoms with E-state index in [1.807, 2.05) is 0 Å². The lowest BCUT2D eigenvalue weighted by molar-refractivity contribution is -0.135. The van der Waals surface area contributed by atoms with Gasteiger partial charge in [-0.25, -0.2) is 0 Å². The van der Waals surface area contributed by atoms with E-state index in [0.29, 0.717) is 6.42 Å². The number of anilines is 4. The number of hydrogen-bond donors (Lipinski definition) is 17. The van der Waals surface area contributed by atoms with Crippen LogP contribution in [0, 0.1) is 0 Å². The number of carbonyl (C=O) groups is 9. The van der Waals surface area contributed by atoms with Crippen LogP contribution in [0.25, 0.3) is 0 Å². The second-order valence-electron chi connectivity index (χ2n) is 19.9. The van der Waals surface area contributed by atoms with Gasteiger partial charge in [0, 0.05) is 48.9 Å². The van der Waals surface area contributed by atoms with Crippen LogP contribution in [0.15, 0.2) is 92.8 Å². The summed E-state index contributed by atoms with van der Waals surface area (Å²) in [5.41, 5.74) is 44.4. The van der Waals surface area contributed by atoms with Gasteiger partial charge < -0.3 is 112 Å². The number of amides is 8. The van der Waals surface area contributed by atoms with E-state index in [2.05, 4.69) is 62.5 Å². The van der Waals surface area contributed by atoms with Crippen LogP contribution in [0.2, 0.25) is 0 Å². The van der Waals surface area contributed by atoms with Crippen LogP contribution in [-0.4, -0.2) is 168 Å². The molecule has 0 saturated carbocycles. The molecule has 4 atom stereocenters. The Bertz CT molecular complexity index is 3380. The van der Waals surface area contributed by atoms with E-state index < -0.39 is 83.9 Å². The van der Waals surface area contributed by atoms with Gasteiger partial charge in [-0.1, -0.05) is 0 Å². The number of carbonyl (C=O) groups excluding carboxylic acids is 8. The molecule has 4 aromatic rings. The van der Waals surface area contributed by atoms with Gasteiger partial charge >= 0.3 is 5.97 Å². The van der Waals surface area contributed by atoms with Crippen LogP contribution in [0.3, 0.4) is 0 Å². The van der Waals surface area contributed by atoms with Gasteiger partial charge in [-0.15, -0.1) is 0 Å². The van der Waals surface area contributed by atoms with Crippen LogP contribution in [0.4, 0.5) is 22.7 Å². The molecule has 4 aromatic carbocycles. The molecule has 34 nitrogen and oxygen atoms in total. The maximum Gasteiger partial charge on any atom is 0.322 e. The van der Waals surface area contributed by atoms with Crippen molar-refractivity contribution in [3.05, 3.63) is 95.1 Å². The molecule has 92 heavy (non-hydrogen) atoms. The molecule has 34 heteroatoms. The smallest absolute Gasteiger partial charge is 0.322 e. The summed E-state index contributed by atoms with van der Waals surface area (Å²) in [6.07, 6.45) is 2.33. The summed E-state index contributed by atoms with van der Waals surface area (Å²) in [6, 6.07) is 11.8. The van der Waals surface area contributed by atoms with Gasteiger partial charge in [-0.2, -0.15) is 0 Å². The molecule has 0 aliphatic heterocycles. The molecule has 0 saturated heterocycles. The molecule has 4 rings (SSSR count). The first-order valence-electron chi connectivity index (χ1n) is 28.4. The van der Waals surface area contributed by atoms with Crippen molar-refractivity contribution in [1.29, 1.82) is 0 Å². The molecule has 4 unspecified atom stereocenters. The first-order valence-corrected chi connectivity index (χ1v) is 28.4. The molecule has 0 fully saturated rings. The Kier molecular flexibility index (Phi) is 29.7. The van der Waals surface area contributed by atoms with Crippen LogP contribution in [0.5, 0.6) is 23.0 Å². The zero-order valence-electron chi connectivity index (χ0n) is 51.2. The molecule has 0 aliphatic carbocycles. The van der Waals surface area contributed by atoms with Crippen molar-refractivity contribution >= 4 is 100 Å². The van der Waals surface area contributed by atoms with Gasteiger partial charge in [0.2, 0.25) is 23.6 Å². The predicted molar refractivity (Wildman–Crippen MR) is 345 cm³/mol.